The number of aliphatic hydroxyl groups excluding tert-OH is 1. The molecule has 0 fully saturated rings. The molecule has 2 heterocycles. The Morgan fingerprint density at radius 1 is 0.975 bits per heavy atom. The van der Waals surface area contributed by atoms with Crippen molar-refractivity contribution in [1.82, 2.24) is 4.90 Å². The predicted molar refractivity (Wildman–Crippen MR) is 150 cm³/mol. The van der Waals surface area contributed by atoms with Crippen LogP contribution < -0.4 is 14.2 Å². The maximum absolute atomic E-state index is 13.9. The maximum atomic E-state index is 13.9. The van der Waals surface area contributed by atoms with Gasteiger partial charge in [-0.15, -0.1) is 0 Å². The summed E-state index contributed by atoms with van der Waals surface area (Å²) in [4.78, 5) is 28.7. The third-order valence-electron chi connectivity index (χ3n) is 6.84. The summed E-state index contributed by atoms with van der Waals surface area (Å²) >= 11 is 0. The van der Waals surface area contributed by atoms with Crippen LogP contribution in [0, 0.1) is 0 Å². The first kappa shape index (κ1) is 29.0. The Kier molecular flexibility index (Phi) is 9.71. The van der Waals surface area contributed by atoms with Crippen LogP contribution in [0.5, 0.6) is 17.2 Å². The smallest absolute Gasteiger partial charge is 0.290 e. The van der Waals surface area contributed by atoms with E-state index in [-0.39, 0.29) is 17.9 Å². The van der Waals surface area contributed by atoms with E-state index in [0.717, 1.165) is 19.3 Å². The zero-order valence-electron chi connectivity index (χ0n) is 23.5. The Bertz CT molecular complexity index is 1370. The zero-order valence-corrected chi connectivity index (χ0v) is 23.5. The number of carbonyl (C=O) groups excluding carboxylic acids is 2. The van der Waals surface area contributed by atoms with E-state index in [4.69, 9.17) is 23.4 Å². The number of methoxy groups -OCH3 is 2. The van der Waals surface area contributed by atoms with Gasteiger partial charge in [0.25, 0.3) is 5.91 Å². The predicted octanol–water partition coefficient (Wildman–Crippen LogP) is 6.02. The van der Waals surface area contributed by atoms with E-state index >= 15 is 0 Å². The van der Waals surface area contributed by atoms with Crippen molar-refractivity contribution >= 4 is 22.7 Å². The lowest BCUT2D eigenvalue weighted by molar-refractivity contribution is -0.129. The number of benzene rings is 2. The highest BCUT2D eigenvalue weighted by Gasteiger charge is 2.44. The molecule has 1 amide bonds. The van der Waals surface area contributed by atoms with Crippen LogP contribution in [-0.4, -0.2) is 62.3 Å². The highest BCUT2D eigenvalue weighted by Crippen LogP contribution is 2.42. The second kappa shape index (κ2) is 13.4. The maximum Gasteiger partial charge on any atom is 0.290 e. The second-order valence-electron chi connectivity index (χ2n) is 9.52. The Morgan fingerprint density at radius 2 is 1.80 bits per heavy atom. The monoisotopic (exact) mass is 551 g/mol. The summed E-state index contributed by atoms with van der Waals surface area (Å²) in [6.45, 7) is 5.65. The van der Waals surface area contributed by atoms with Gasteiger partial charge in [-0.3, -0.25) is 9.59 Å². The molecule has 0 radical (unpaired) electrons. The topological polar surface area (TPSA) is 108 Å². The van der Waals surface area contributed by atoms with Gasteiger partial charge in [-0.2, -0.15) is 0 Å². The van der Waals surface area contributed by atoms with Crippen molar-refractivity contribution < 1.29 is 38.1 Å². The minimum Gasteiger partial charge on any atom is -0.503 e. The van der Waals surface area contributed by atoms with Crippen LogP contribution in [0.15, 0.2) is 58.2 Å². The number of aliphatic hydroxyl groups is 1. The Morgan fingerprint density at radius 3 is 2.52 bits per heavy atom. The minimum absolute atomic E-state index is 0.00139. The summed E-state index contributed by atoms with van der Waals surface area (Å²) in [7, 11) is 3.10. The molecule has 0 saturated heterocycles. The van der Waals surface area contributed by atoms with Gasteiger partial charge in [-0.05, 0) is 49.6 Å². The lowest BCUT2D eigenvalue weighted by Crippen LogP contribution is -2.32. The van der Waals surface area contributed by atoms with Gasteiger partial charge in [-0.25, -0.2) is 0 Å². The van der Waals surface area contributed by atoms with Crippen LogP contribution in [0.4, 0.5) is 0 Å². The molecule has 0 aliphatic carbocycles. The molecule has 0 saturated carbocycles. The van der Waals surface area contributed by atoms with Gasteiger partial charge in [0.05, 0.1) is 31.9 Å². The van der Waals surface area contributed by atoms with Crippen LogP contribution in [0.1, 0.15) is 61.7 Å². The highest BCUT2D eigenvalue weighted by molar-refractivity contribution is 6.16. The van der Waals surface area contributed by atoms with Gasteiger partial charge in [0, 0.05) is 25.6 Å². The van der Waals surface area contributed by atoms with E-state index in [2.05, 4.69) is 6.92 Å². The molecule has 40 heavy (non-hydrogen) atoms. The number of ether oxygens (including phenoxy) is 4. The van der Waals surface area contributed by atoms with Crippen LogP contribution in [0.2, 0.25) is 0 Å². The average molecular weight is 552 g/mol. The minimum atomic E-state index is -0.861. The van der Waals surface area contributed by atoms with Crippen LogP contribution in [-0.2, 0) is 9.53 Å². The lowest BCUT2D eigenvalue weighted by atomic mass is 9.94. The molecule has 3 aromatic rings. The van der Waals surface area contributed by atoms with Crippen molar-refractivity contribution in [2.24, 2.45) is 0 Å². The SMILES string of the molecule is CCCCCOc1ccc(C2C(C(=O)c3cc4cccc(OC)c4o3)=C(O)C(=O)N2CCCOC)cc1OCC. The summed E-state index contributed by atoms with van der Waals surface area (Å²) in [6.07, 6.45) is 3.59. The summed E-state index contributed by atoms with van der Waals surface area (Å²) in [5, 5.41) is 11.7. The molecule has 0 bridgehead atoms. The first-order valence-electron chi connectivity index (χ1n) is 13.7. The molecule has 1 unspecified atom stereocenters. The number of rotatable bonds is 15. The third kappa shape index (κ3) is 5.94. The molecule has 9 nitrogen and oxygen atoms in total. The second-order valence-corrected chi connectivity index (χ2v) is 9.52. The molecule has 2 aromatic carbocycles. The molecule has 1 aliphatic heterocycles. The number of Topliss-reactive ketones (excluding diaryl/α,β-unsaturated/α-hetero) is 1. The van der Waals surface area contributed by atoms with Crippen molar-refractivity contribution in [3.05, 3.63) is 65.1 Å². The number of ketones is 1. The summed E-state index contributed by atoms with van der Waals surface area (Å²) in [5.41, 5.74) is 0.963. The molecule has 1 aliphatic rings. The Hall–Kier alpha value is -3.98. The van der Waals surface area contributed by atoms with E-state index < -0.39 is 23.5 Å². The van der Waals surface area contributed by atoms with Gasteiger partial charge >= 0.3 is 0 Å². The molecule has 9 heteroatoms. The third-order valence-corrected chi connectivity index (χ3v) is 6.84. The summed E-state index contributed by atoms with van der Waals surface area (Å²) < 4.78 is 28.3. The van der Waals surface area contributed by atoms with Gasteiger partial charge in [0.15, 0.2) is 34.4 Å². The number of unbranched alkanes of at least 4 members (excludes halogenated alkanes) is 2. The molecule has 1 aromatic heterocycles. The van der Waals surface area contributed by atoms with Crippen molar-refractivity contribution in [1.29, 1.82) is 0 Å². The highest BCUT2D eigenvalue weighted by atomic mass is 16.5. The van der Waals surface area contributed by atoms with Crippen molar-refractivity contribution in [2.45, 2.75) is 45.6 Å². The van der Waals surface area contributed by atoms with Crippen molar-refractivity contribution in [3.63, 3.8) is 0 Å². The first-order chi connectivity index (χ1) is 19.4. The Labute approximate surface area is 234 Å². The molecular weight excluding hydrogens is 514 g/mol. The summed E-state index contributed by atoms with van der Waals surface area (Å²) in [6, 6.07) is 11.4. The van der Waals surface area contributed by atoms with Crippen molar-refractivity contribution in [2.75, 3.05) is 40.6 Å². The van der Waals surface area contributed by atoms with E-state index in [0.29, 0.717) is 60.0 Å². The van der Waals surface area contributed by atoms with Gasteiger partial charge in [-0.1, -0.05) is 38.0 Å². The summed E-state index contributed by atoms with van der Waals surface area (Å²) in [5.74, 6) is -0.242. The number of carbonyl (C=O) groups is 2. The van der Waals surface area contributed by atoms with E-state index in [1.807, 2.05) is 6.92 Å². The molecule has 0 spiro atoms. The fourth-order valence-electron chi connectivity index (χ4n) is 4.90. The number of fused-ring (bicyclic) bond motifs is 1. The van der Waals surface area contributed by atoms with Crippen LogP contribution >= 0.6 is 0 Å². The van der Waals surface area contributed by atoms with Crippen LogP contribution in [0.3, 0.4) is 0 Å². The van der Waals surface area contributed by atoms with E-state index in [9.17, 15) is 14.7 Å². The van der Waals surface area contributed by atoms with E-state index in [1.165, 1.54) is 12.0 Å². The van der Waals surface area contributed by atoms with Gasteiger partial charge in [0.2, 0.25) is 5.78 Å². The molecule has 4 rings (SSSR count). The number of furan rings is 1. The number of hydrogen-bond acceptors (Lipinski definition) is 8. The fourth-order valence-corrected chi connectivity index (χ4v) is 4.90. The molecule has 214 valence electrons. The first-order valence-corrected chi connectivity index (χ1v) is 13.7. The Balaban J connectivity index is 1.75. The average Bonchev–Trinajstić information content (AvgIpc) is 3.51. The number of amides is 1. The van der Waals surface area contributed by atoms with E-state index in [1.54, 1.807) is 49.6 Å². The molecule has 1 N–H and O–H groups in total. The fraction of sp³-hybridized carbons (Fsp3) is 0.419. The zero-order chi connectivity index (χ0) is 28.6. The normalized spacial score (nSPS) is 15.2. The number of para-hydroxylation sites is 1. The lowest BCUT2D eigenvalue weighted by Gasteiger charge is -2.27. The largest absolute Gasteiger partial charge is 0.503 e. The van der Waals surface area contributed by atoms with Crippen molar-refractivity contribution in [3.8, 4) is 17.2 Å². The van der Waals surface area contributed by atoms with Gasteiger partial charge < -0.3 is 33.4 Å². The molecular formula is C31H37NO8. The number of hydrogen-bond donors (Lipinski definition) is 1. The molecule has 1 atom stereocenters. The van der Waals surface area contributed by atoms with Gasteiger partial charge in [0.1, 0.15) is 0 Å². The number of nitrogens with zero attached hydrogens (tertiary/aromatic N) is 1. The standard InChI is InChI=1S/C31H37NO8/c1-5-7-8-17-39-22-14-13-20(18-24(22)38-6-2)27-26(29(34)31(35)32(27)15-10-16-36-3)28(33)25-19-21-11-9-12-23(37-4)30(21)40-25/h9,11-14,18-19,27,34H,5-8,10,15-17H2,1-4H3. The quantitative estimate of drug-likeness (QED) is 0.180. The van der Waals surface area contributed by atoms with Crippen LogP contribution in [0.25, 0.3) is 11.0 Å².